The molecule has 0 aromatic rings. The van der Waals surface area contributed by atoms with Crippen LogP contribution in [-0.2, 0) is 28.8 Å². The maximum atomic E-state index is 14.1. The van der Waals surface area contributed by atoms with E-state index in [-0.39, 0.29) is 41.4 Å². The number of carbonyl (C=O) groups is 6. The van der Waals surface area contributed by atoms with Crippen LogP contribution in [0.2, 0.25) is 0 Å². The Bertz CT molecular complexity index is 1170. The molecule has 280 valence electrons. The van der Waals surface area contributed by atoms with E-state index < -0.39 is 53.8 Å². The maximum Gasteiger partial charge on any atom is 0.246 e. The van der Waals surface area contributed by atoms with Gasteiger partial charge in [-0.25, -0.2) is 0 Å². The van der Waals surface area contributed by atoms with E-state index in [1.807, 2.05) is 62.3 Å². The van der Waals surface area contributed by atoms with Crippen LogP contribution in [0.15, 0.2) is 0 Å². The van der Waals surface area contributed by atoms with E-state index in [1.165, 1.54) is 28.7 Å². The zero-order valence-electron chi connectivity index (χ0n) is 32.5. The van der Waals surface area contributed by atoms with E-state index in [2.05, 4.69) is 16.6 Å². The molecule has 49 heavy (non-hydrogen) atoms. The van der Waals surface area contributed by atoms with Gasteiger partial charge in [-0.15, -0.1) is 12.3 Å². The number of amides is 6. The number of nitrogens with zero attached hydrogens (tertiary/aromatic N) is 3. The Balaban J connectivity index is 6.35. The fraction of sp³-hybridized carbons (Fsp3) is 0.784. The van der Waals surface area contributed by atoms with E-state index in [1.54, 1.807) is 14.1 Å². The van der Waals surface area contributed by atoms with Crippen LogP contribution in [0.1, 0.15) is 108 Å². The van der Waals surface area contributed by atoms with Gasteiger partial charge in [0.05, 0.1) is 0 Å². The predicted molar refractivity (Wildman–Crippen MR) is 193 cm³/mol. The molecule has 0 heterocycles. The summed E-state index contributed by atoms with van der Waals surface area (Å²) in [5.74, 6) is -1.57. The summed E-state index contributed by atoms with van der Waals surface area (Å²) < 4.78 is 0. The molecular weight excluding hydrogens is 624 g/mol. The average molecular weight is 691 g/mol. The monoisotopic (exact) mass is 691 g/mol. The van der Waals surface area contributed by atoms with Crippen molar-refractivity contribution in [2.45, 2.75) is 138 Å². The van der Waals surface area contributed by atoms with Gasteiger partial charge in [-0.3, -0.25) is 28.8 Å². The van der Waals surface area contributed by atoms with Gasteiger partial charge < -0.3 is 31.1 Å². The van der Waals surface area contributed by atoms with Crippen molar-refractivity contribution in [1.82, 2.24) is 25.3 Å². The molecular formula is C37H66N6O6. The van der Waals surface area contributed by atoms with Crippen LogP contribution >= 0.6 is 0 Å². The van der Waals surface area contributed by atoms with Gasteiger partial charge in [0.15, 0.2) is 0 Å². The Morgan fingerprint density at radius 2 is 1.12 bits per heavy atom. The fourth-order valence-electron chi connectivity index (χ4n) is 6.14. The molecule has 0 radical (unpaired) electrons. The quantitative estimate of drug-likeness (QED) is 0.124. The lowest BCUT2D eigenvalue weighted by Crippen LogP contribution is -2.62. The first-order valence-electron chi connectivity index (χ1n) is 17.8. The van der Waals surface area contributed by atoms with Crippen molar-refractivity contribution >= 4 is 35.4 Å². The molecule has 0 aliphatic carbocycles. The molecule has 12 heteroatoms. The molecule has 0 bridgehead atoms. The Morgan fingerprint density at radius 3 is 1.57 bits per heavy atom. The number of hydrogen-bond donors (Lipinski definition) is 3. The van der Waals surface area contributed by atoms with Crippen molar-refractivity contribution in [3.05, 3.63) is 0 Å². The number of primary amides is 1. The van der Waals surface area contributed by atoms with Crippen LogP contribution in [0.5, 0.6) is 0 Å². The summed E-state index contributed by atoms with van der Waals surface area (Å²) in [4.78, 5) is 84.9. The van der Waals surface area contributed by atoms with Crippen molar-refractivity contribution in [3.63, 3.8) is 0 Å². The molecule has 4 N–H and O–H groups in total. The van der Waals surface area contributed by atoms with Gasteiger partial charge in [0, 0.05) is 33.5 Å². The standard InChI is InChI=1S/C37H66N6O6/c1-15-18-19-20-21-26(10)35(47)42(13)30(23(6)7)37(49)41(12)29(22(4)5)33(45)40-28(24(8)16-2)36(48)43(14)31(25(9)17-3)34(46)39-27(11)32(38)44/h1,22-31H,16-21H2,2-14H3,(H2,38,44)(H,39,46)(H,40,45). The van der Waals surface area contributed by atoms with Gasteiger partial charge in [0.2, 0.25) is 35.4 Å². The number of likely N-dealkylation sites (N-methyl/N-ethyl adjacent to an activating group) is 3. The SMILES string of the molecule is C#CCCCCC(C)C(=O)N(C)C(C(=O)N(C)C(C(=O)NC(C(=O)N(C)C(C(=O)NC(C)C(N)=O)C(C)CC)C(C)CC)C(C)C)C(C)C. The molecule has 0 rings (SSSR count). The van der Waals surface area contributed by atoms with Crippen LogP contribution in [-0.4, -0.2) is 101 Å². The Morgan fingerprint density at radius 1 is 0.653 bits per heavy atom. The van der Waals surface area contributed by atoms with Crippen LogP contribution in [0, 0.1) is 41.9 Å². The molecule has 8 atom stereocenters. The summed E-state index contributed by atoms with van der Waals surface area (Å²) in [5.41, 5.74) is 5.36. The highest BCUT2D eigenvalue weighted by atomic mass is 16.2. The number of terminal acetylenes is 1. The lowest BCUT2D eigenvalue weighted by atomic mass is 9.92. The number of carbonyl (C=O) groups excluding carboxylic acids is 6. The van der Waals surface area contributed by atoms with Gasteiger partial charge in [-0.2, -0.15) is 0 Å². The minimum atomic E-state index is -0.999. The van der Waals surface area contributed by atoms with Crippen molar-refractivity contribution in [2.24, 2.45) is 35.3 Å². The fourth-order valence-corrected chi connectivity index (χ4v) is 6.14. The summed E-state index contributed by atoms with van der Waals surface area (Å²) in [7, 11) is 4.70. The highest BCUT2D eigenvalue weighted by Crippen LogP contribution is 2.23. The van der Waals surface area contributed by atoms with Crippen molar-refractivity contribution < 1.29 is 28.8 Å². The van der Waals surface area contributed by atoms with E-state index >= 15 is 0 Å². The second-order valence-corrected chi connectivity index (χ2v) is 14.4. The van der Waals surface area contributed by atoms with Crippen molar-refractivity contribution in [3.8, 4) is 12.3 Å². The third-order valence-electron chi connectivity index (χ3n) is 9.72. The molecule has 0 aliphatic heterocycles. The maximum absolute atomic E-state index is 14.1. The minimum absolute atomic E-state index is 0.151. The molecule has 0 aromatic heterocycles. The van der Waals surface area contributed by atoms with Gasteiger partial charge in [-0.05, 0) is 43.4 Å². The lowest BCUT2D eigenvalue weighted by Gasteiger charge is -2.39. The number of hydrogen-bond acceptors (Lipinski definition) is 6. The van der Waals surface area contributed by atoms with Crippen molar-refractivity contribution in [1.29, 1.82) is 0 Å². The van der Waals surface area contributed by atoms with E-state index in [9.17, 15) is 28.8 Å². The predicted octanol–water partition coefficient (Wildman–Crippen LogP) is 3.18. The second-order valence-electron chi connectivity index (χ2n) is 14.4. The molecule has 8 unspecified atom stereocenters. The van der Waals surface area contributed by atoms with Gasteiger partial charge in [0.25, 0.3) is 0 Å². The normalized spacial score (nSPS) is 16.2. The summed E-state index contributed by atoms with van der Waals surface area (Å²) >= 11 is 0. The van der Waals surface area contributed by atoms with Gasteiger partial charge in [-0.1, -0.05) is 81.6 Å². The zero-order chi connectivity index (χ0) is 38.3. The molecule has 0 spiro atoms. The molecule has 12 nitrogen and oxygen atoms in total. The van der Waals surface area contributed by atoms with Crippen molar-refractivity contribution in [2.75, 3.05) is 21.1 Å². The Labute approximate surface area is 296 Å². The molecule has 0 saturated heterocycles. The van der Waals surface area contributed by atoms with Gasteiger partial charge >= 0.3 is 0 Å². The first kappa shape index (κ1) is 45.4. The average Bonchev–Trinajstić information content (AvgIpc) is 3.03. The van der Waals surface area contributed by atoms with E-state index in [0.29, 0.717) is 25.7 Å². The minimum Gasteiger partial charge on any atom is -0.368 e. The first-order valence-corrected chi connectivity index (χ1v) is 17.8. The second kappa shape index (κ2) is 21.5. The first-order chi connectivity index (χ1) is 22.7. The van der Waals surface area contributed by atoms with E-state index in [0.717, 1.165) is 12.8 Å². The lowest BCUT2D eigenvalue weighted by molar-refractivity contribution is -0.152. The van der Waals surface area contributed by atoms with Crippen LogP contribution in [0.25, 0.3) is 0 Å². The number of nitrogens with one attached hydrogen (secondary N) is 2. The molecule has 0 fully saturated rings. The summed E-state index contributed by atoms with van der Waals surface area (Å²) in [6.07, 6.45) is 9.41. The number of rotatable bonds is 21. The van der Waals surface area contributed by atoms with E-state index in [4.69, 9.17) is 12.2 Å². The Hall–Kier alpha value is -3.62. The molecule has 6 amide bonds. The zero-order valence-corrected chi connectivity index (χ0v) is 32.5. The van der Waals surface area contributed by atoms with Gasteiger partial charge in [0.1, 0.15) is 30.2 Å². The highest BCUT2D eigenvalue weighted by Gasteiger charge is 2.41. The topological polar surface area (TPSA) is 162 Å². The van der Waals surface area contributed by atoms with Crippen LogP contribution < -0.4 is 16.4 Å². The largest absolute Gasteiger partial charge is 0.368 e. The molecule has 0 saturated carbocycles. The summed E-state index contributed by atoms with van der Waals surface area (Å²) in [6.45, 7) is 18.2. The summed E-state index contributed by atoms with van der Waals surface area (Å²) in [5, 5.41) is 5.52. The molecule has 0 aromatic carbocycles. The highest BCUT2D eigenvalue weighted by molar-refractivity contribution is 5.96. The van der Waals surface area contributed by atoms with Crippen LogP contribution in [0.3, 0.4) is 0 Å². The third kappa shape index (κ3) is 13.0. The van der Waals surface area contributed by atoms with Crippen LogP contribution in [0.4, 0.5) is 0 Å². The number of nitrogens with two attached hydrogens (primary N) is 1. The number of unbranched alkanes of at least 4 members (excludes halogenated alkanes) is 2. The Kier molecular flexibility index (Phi) is 19.9. The summed E-state index contributed by atoms with van der Waals surface area (Å²) in [6, 6.07) is -4.62. The molecule has 0 aliphatic rings. The third-order valence-corrected chi connectivity index (χ3v) is 9.72. The smallest absolute Gasteiger partial charge is 0.246 e.